The predicted octanol–water partition coefficient (Wildman–Crippen LogP) is 8.74. The molecule has 0 heterocycles. The van der Waals surface area contributed by atoms with Gasteiger partial charge in [0.05, 0.1) is 0 Å². The standard InChI is InChI=1S/C35H26/c1-35(2)27-18-23-15-14-19-6-3-7-20-16-17-25(31(23)28(19)20)32(27)33-24-10-4-8-21-12-13-22-9-5-11-26(34(33)35)30(22)29(21)24/h3-6,8,10-11,13-18,32H,7,9,12H2,1-2H3. The zero-order valence-electron chi connectivity index (χ0n) is 20.2. The Hall–Kier alpha value is -3.64. The first-order valence-electron chi connectivity index (χ1n) is 13.1. The minimum atomic E-state index is -0.0153. The lowest BCUT2D eigenvalue weighted by atomic mass is 9.72. The van der Waals surface area contributed by atoms with Crippen LogP contribution in [0.5, 0.6) is 0 Å². The van der Waals surface area contributed by atoms with Crippen molar-refractivity contribution in [3.63, 3.8) is 0 Å². The van der Waals surface area contributed by atoms with E-state index < -0.39 is 0 Å². The highest BCUT2D eigenvalue weighted by atomic mass is 14.5. The Morgan fingerprint density at radius 2 is 1.63 bits per heavy atom. The maximum atomic E-state index is 2.56. The summed E-state index contributed by atoms with van der Waals surface area (Å²) < 4.78 is 0. The van der Waals surface area contributed by atoms with Gasteiger partial charge in [-0.15, -0.1) is 0 Å². The molecule has 0 radical (unpaired) electrons. The van der Waals surface area contributed by atoms with Gasteiger partial charge < -0.3 is 0 Å². The summed E-state index contributed by atoms with van der Waals surface area (Å²) in [4.78, 5) is 0. The average molecular weight is 447 g/mol. The second-order valence-electron chi connectivity index (χ2n) is 11.5. The van der Waals surface area contributed by atoms with E-state index in [2.05, 4.69) is 92.8 Å². The van der Waals surface area contributed by atoms with E-state index in [0.717, 1.165) is 19.3 Å². The Balaban J connectivity index is 1.49. The molecular formula is C35H26. The number of fused-ring (bicyclic) bond motifs is 6. The highest BCUT2D eigenvalue weighted by Gasteiger charge is 2.48. The van der Waals surface area contributed by atoms with Crippen LogP contribution in [0.15, 0.2) is 66.3 Å². The van der Waals surface area contributed by atoms with Crippen molar-refractivity contribution in [3.8, 4) is 0 Å². The van der Waals surface area contributed by atoms with Gasteiger partial charge in [-0.1, -0.05) is 92.8 Å². The average Bonchev–Trinajstić information content (AvgIpc) is 3.13. The van der Waals surface area contributed by atoms with E-state index in [1.807, 2.05) is 0 Å². The van der Waals surface area contributed by atoms with Crippen molar-refractivity contribution in [1.82, 2.24) is 0 Å². The van der Waals surface area contributed by atoms with Gasteiger partial charge in [-0.3, -0.25) is 0 Å². The van der Waals surface area contributed by atoms with E-state index >= 15 is 0 Å². The number of allylic oxidation sites excluding steroid dienone is 5. The molecule has 0 heteroatoms. The lowest BCUT2D eigenvalue weighted by Gasteiger charge is -2.31. The Morgan fingerprint density at radius 3 is 2.57 bits per heavy atom. The van der Waals surface area contributed by atoms with Gasteiger partial charge in [-0.2, -0.15) is 0 Å². The minimum Gasteiger partial charge on any atom is -0.0795 e. The fraction of sp³-hybridized carbons (Fsp3) is 0.200. The fourth-order valence-corrected chi connectivity index (χ4v) is 8.17. The van der Waals surface area contributed by atoms with Crippen LogP contribution in [-0.4, -0.2) is 0 Å². The zero-order valence-corrected chi connectivity index (χ0v) is 20.2. The SMILES string of the molecule is CC1(C)C2=Cc3ccc4c5c(ccc(c35)C2c2c1c1c3c5c(cccc25)CC=C3CC=C1)CC=C4. The lowest BCUT2D eigenvalue weighted by molar-refractivity contribution is 0.635. The fourth-order valence-electron chi connectivity index (χ4n) is 8.17. The summed E-state index contributed by atoms with van der Waals surface area (Å²) in [5.74, 6) is 0.327. The Bertz CT molecular complexity index is 1830. The van der Waals surface area contributed by atoms with Crippen molar-refractivity contribution in [2.75, 3.05) is 0 Å². The number of rotatable bonds is 0. The van der Waals surface area contributed by atoms with Crippen molar-refractivity contribution in [3.05, 3.63) is 116 Å². The van der Waals surface area contributed by atoms with Crippen LogP contribution in [0.2, 0.25) is 0 Å². The Morgan fingerprint density at radius 1 is 0.771 bits per heavy atom. The van der Waals surface area contributed by atoms with Crippen molar-refractivity contribution in [2.45, 2.75) is 44.4 Å². The van der Waals surface area contributed by atoms with Crippen LogP contribution >= 0.6 is 0 Å². The molecule has 0 saturated heterocycles. The molecule has 4 aromatic rings. The van der Waals surface area contributed by atoms with E-state index in [1.54, 1.807) is 16.7 Å². The molecular weight excluding hydrogens is 420 g/mol. The number of hydrogen-bond donors (Lipinski definition) is 0. The van der Waals surface area contributed by atoms with Gasteiger partial charge in [-0.25, -0.2) is 0 Å². The van der Waals surface area contributed by atoms with Crippen LogP contribution in [0.3, 0.4) is 0 Å². The molecule has 9 rings (SSSR count). The van der Waals surface area contributed by atoms with Crippen LogP contribution in [-0.2, 0) is 18.3 Å². The van der Waals surface area contributed by atoms with Crippen molar-refractivity contribution >= 4 is 45.3 Å². The molecule has 35 heavy (non-hydrogen) atoms. The first-order valence-corrected chi connectivity index (χ1v) is 13.1. The first-order chi connectivity index (χ1) is 17.1. The molecule has 0 nitrogen and oxygen atoms in total. The summed E-state index contributed by atoms with van der Waals surface area (Å²) in [6, 6.07) is 16.6. The Labute approximate surface area is 206 Å². The molecule has 0 aromatic heterocycles. The lowest BCUT2D eigenvalue weighted by Crippen LogP contribution is -2.20. The van der Waals surface area contributed by atoms with E-state index in [1.165, 1.54) is 66.1 Å². The van der Waals surface area contributed by atoms with Crippen LogP contribution in [0.4, 0.5) is 0 Å². The highest BCUT2D eigenvalue weighted by Crippen LogP contribution is 2.62. The molecule has 0 bridgehead atoms. The highest BCUT2D eigenvalue weighted by molar-refractivity contribution is 6.10. The van der Waals surface area contributed by atoms with E-state index in [9.17, 15) is 0 Å². The topological polar surface area (TPSA) is 0 Å². The molecule has 0 saturated carbocycles. The summed E-state index contributed by atoms with van der Waals surface area (Å²) in [5, 5.41) is 5.99. The van der Waals surface area contributed by atoms with Gasteiger partial charge >= 0.3 is 0 Å². The molecule has 1 unspecified atom stereocenters. The van der Waals surface area contributed by atoms with Crippen molar-refractivity contribution < 1.29 is 0 Å². The normalized spacial score (nSPS) is 21.1. The second kappa shape index (κ2) is 5.94. The number of hydrogen-bond acceptors (Lipinski definition) is 0. The van der Waals surface area contributed by atoms with Crippen molar-refractivity contribution in [2.24, 2.45) is 0 Å². The molecule has 4 aromatic carbocycles. The molecule has 0 spiro atoms. The molecule has 5 aliphatic rings. The molecule has 0 amide bonds. The quantitative estimate of drug-likeness (QED) is 0.253. The summed E-state index contributed by atoms with van der Waals surface area (Å²) in [5.41, 5.74) is 16.5. The zero-order chi connectivity index (χ0) is 23.1. The third-order valence-corrected chi connectivity index (χ3v) is 9.56. The second-order valence-corrected chi connectivity index (χ2v) is 11.5. The summed E-state index contributed by atoms with van der Waals surface area (Å²) in [6.45, 7) is 4.95. The minimum absolute atomic E-state index is 0.0153. The third-order valence-electron chi connectivity index (χ3n) is 9.56. The Kier molecular flexibility index (Phi) is 3.17. The first kappa shape index (κ1) is 18.7. The van der Waals surface area contributed by atoms with Crippen LogP contribution in [0.25, 0.3) is 45.3 Å². The smallest absolute Gasteiger partial charge is 0.0326 e. The van der Waals surface area contributed by atoms with Crippen LogP contribution in [0.1, 0.15) is 76.3 Å². The number of benzene rings is 4. The third kappa shape index (κ3) is 2.04. The molecule has 0 N–H and O–H groups in total. The van der Waals surface area contributed by atoms with Gasteiger partial charge in [0.1, 0.15) is 0 Å². The molecule has 1 atom stereocenters. The van der Waals surface area contributed by atoms with Crippen molar-refractivity contribution in [1.29, 1.82) is 0 Å². The van der Waals surface area contributed by atoms with Crippen LogP contribution in [0, 0.1) is 0 Å². The van der Waals surface area contributed by atoms with Gasteiger partial charge in [0.25, 0.3) is 0 Å². The largest absolute Gasteiger partial charge is 0.0795 e. The molecule has 0 fully saturated rings. The molecule has 166 valence electrons. The van der Waals surface area contributed by atoms with E-state index in [4.69, 9.17) is 0 Å². The summed E-state index contributed by atoms with van der Waals surface area (Å²) in [7, 11) is 0. The van der Waals surface area contributed by atoms with E-state index in [-0.39, 0.29) is 5.41 Å². The molecule has 5 aliphatic carbocycles. The summed E-state index contributed by atoms with van der Waals surface area (Å²) >= 11 is 0. The van der Waals surface area contributed by atoms with E-state index in [0.29, 0.717) is 5.92 Å². The van der Waals surface area contributed by atoms with Gasteiger partial charge in [-0.05, 0) is 102 Å². The summed E-state index contributed by atoms with van der Waals surface area (Å²) in [6.07, 6.45) is 17.7. The van der Waals surface area contributed by atoms with Gasteiger partial charge in [0.15, 0.2) is 0 Å². The van der Waals surface area contributed by atoms with Gasteiger partial charge in [0.2, 0.25) is 0 Å². The maximum Gasteiger partial charge on any atom is 0.0326 e. The maximum absolute atomic E-state index is 2.56. The monoisotopic (exact) mass is 446 g/mol. The molecule has 0 aliphatic heterocycles. The van der Waals surface area contributed by atoms with Crippen LogP contribution < -0.4 is 0 Å². The predicted molar refractivity (Wildman–Crippen MR) is 149 cm³/mol. The van der Waals surface area contributed by atoms with Gasteiger partial charge in [0, 0.05) is 11.3 Å².